The lowest BCUT2D eigenvalue weighted by Gasteiger charge is -2.07. The van der Waals surface area contributed by atoms with E-state index < -0.39 is 0 Å². The van der Waals surface area contributed by atoms with E-state index in [-0.39, 0.29) is 5.91 Å². The molecule has 0 unspecified atom stereocenters. The van der Waals surface area contributed by atoms with E-state index in [1.165, 1.54) is 11.3 Å². The number of ether oxygens (including phenoxy) is 1. The van der Waals surface area contributed by atoms with Crippen LogP contribution < -0.4 is 10.1 Å². The third kappa shape index (κ3) is 3.54. The van der Waals surface area contributed by atoms with Crippen LogP contribution in [0.2, 0.25) is 0 Å². The summed E-state index contributed by atoms with van der Waals surface area (Å²) >= 11 is 1.51. The molecule has 23 heavy (non-hydrogen) atoms. The molecule has 0 aliphatic heterocycles. The maximum absolute atomic E-state index is 12.3. The average molecular weight is 325 g/mol. The van der Waals surface area contributed by atoms with Crippen LogP contribution in [0.4, 0.5) is 0 Å². The molecular formula is C17H15N3O2S. The second-order valence-corrected chi connectivity index (χ2v) is 5.69. The van der Waals surface area contributed by atoms with E-state index in [0.717, 1.165) is 16.3 Å². The SMILES string of the molecule is COc1ccccc1C(=O)NCc1nc(-c2ccncc2)cs1. The Labute approximate surface area is 138 Å². The van der Waals surface area contributed by atoms with Crippen molar-refractivity contribution in [3.05, 3.63) is 64.7 Å². The van der Waals surface area contributed by atoms with Crippen molar-refractivity contribution in [1.82, 2.24) is 15.3 Å². The maximum atomic E-state index is 12.3. The molecule has 3 aromatic rings. The van der Waals surface area contributed by atoms with Gasteiger partial charge in [-0.2, -0.15) is 0 Å². The minimum Gasteiger partial charge on any atom is -0.496 e. The van der Waals surface area contributed by atoms with Crippen LogP contribution in [0.15, 0.2) is 54.2 Å². The highest BCUT2D eigenvalue weighted by Crippen LogP contribution is 2.21. The van der Waals surface area contributed by atoms with Gasteiger partial charge in [-0.3, -0.25) is 9.78 Å². The Morgan fingerprint density at radius 1 is 1.22 bits per heavy atom. The van der Waals surface area contributed by atoms with E-state index in [9.17, 15) is 4.79 Å². The Morgan fingerprint density at radius 2 is 2.00 bits per heavy atom. The summed E-state index contributed by atoms with van der Waals surface area (Å²) in [4.78, 5) is 20.8. The molecule has 1 aromatic carbocycles. The van der Waals surface area contributed by atoms with Crippen molar-refractivity contribution >= 4 is 17.2 Å². The van der Waals surface area contributed by atoms with Gasteiger partial charge in [0.2, 0.25) is 0 Å². The van der Waals surface area contributed by atoms with Gasteiger partial charge in [0.1, 0.15) is 10.8 Å². The smallest absolute Gasteiger partial charge is 0.255 e. The summed E-state index contributed by atoms with van der Waals surface area (Å²) in [7, 11) is 1.55. The number of hydrogen-bond acceptors (Lipinski definition) is 5. The number of nitrogens with zero attached hydrogens (tertiary/aromatic N) is 2. The first-order chi connectivity index (χ1) is 11.3. The van der Waals surface area contributed by atoms with E-state index in [1.54, 1.807) is 31.6 Å². The minimum atomic E-state index is -0.178. The molecule has 116 valence electrons. The fourth-order valence-corrected chi connectivity index (χ4v) is 2.87. The van der Waals surface area contributed by atoms with E-state index >= 15 is 0 Å². The van der Waals surface area contributed by atoms with Crippen molar-refractivity contribution in [3.63, 3.8) is 0 Å². The second-order valence-electron chi connectivity index (χ2n) is 4.75. The van der Waals surface area contributed by atoms with Gasteiger partial charge >= 0.3 is 0 Å². The van der Waals surface area contributed by atoms with Gasteiger partial charge in [0, 0.05) is 23.3 Å². The molecule has 0 aliphatic rings. The van der Waals surface area contributed by atoms with Gasteiger partial charge in [-0.05, 0) is 24.3 Å². The predicted octanol–water partition coefficient (Wildman–Crippen LogP) is 3.14. The molecule has 2 heterocycles. The number of hydrogen-bond donors (Lipinski definition) is 1. The van der Waals surface area contributed by atoms with Crippen LogP contribution in [-0.4, -0.2) is 23.0 Å². The Bertz CT molecular complexity index is 802. The number of nitrogens with one attached hydrogen (secondary N) is 1. The Kier molecular flexibility index (Phi) is 4.63. The van der Waals surface area contributed by atoms with Crippen molar-refractivity contribution in [2.75, 3.05) is 7.11 Å². The van der Waals surface area contributed by atoms with Crippen LogP contribution in [-0.2, 0) is 6.54 Å². The highest BCUT2D eigenvalue weighted by molar-refractivity contribution is 7.09. The number of rotatable bonds is 5. The summed E-state index contributed by atoms with van der Waals surface area (Å²) < 4.78 is 5.20. The number of amides is 1. The molecule has 0 spiro atoms. The van der Waals surface area contributed by atoms with Gasteiger partial charge in [-0.15, -0.1) is 11.3 Å². The number of pyridine rings is 1. The number of carbonyl (C=O) groups is 1. The molecule has 0 bridgehead atoms. The van der Waals surface area contributed by atoms with Crippen molar-refractivity contribution in [2.45, 2.75) is 6.54 Å². The second kappa shape index (κ2) is 7.02. The first-order valence-electron chi connectivity index (χ1n) is 7.04. The quantitative estimate of drug-likeness (QED) is 0.783. The number of benzene rings is 1. The van der Waals surface area contributed by atoms with Crippen LogP contribution >= 0.6 is 11.3 Å². The summed E-state index contributed by atoms with van der Waals surface area (Å²) in [5, 5.41) is 5.69. The summed E-state index contributed by atoms with van der Waals surface area (Å²) in [6.07, 6.45) is 3.47. The van der Waals surface area contributed by atoms with Crippen molar-refractivity contribution in [3.8, 4) is 17.0 Å². The number of methoxy groups -OCH3 is 1. The molecule has 6 heteroatoms. The molecule has 0 fully saturated rings. The van der Waals surface area contributed by atoms with Crippen LogP contribution in [0, 0.1) is 0 Å². The normalized spacial score (nSPS) is 10.3. The van der Waals surface area contributed by atoms with Gasteiger partial charge in [-0.25, -0.2) is 4.98 Å². The van der Waals surface area contributed by atoms with Crippen molar-refractivity contribution in [2.24, 2.45) is 0 Å². The minimum absolute atomic E-state index is 0.178. The zero-order chi connectivity index (χ0) is 16.1. The predicted molar refractivity (Wildman–Crippen MR) is 89.5 cm³/mol. The average Bonchev–Trinajstić information content (AvgIpc) is 3.09. The zero-order valence-electron chi connectivity index (χ0n) is 12.5. The number of para-hydroxylation sites is 1. The molecule has 1 N–H and O–H groups in total. The topological polar surface area (TPSA) is 64.1 Å². The molecular weight excluding hydrogens is 310 g/mol. The van der Waals surface area contributed by atoms with Gasteiger partial charge in [0.25, 0.3) is 5.91 Å². The van der Waals surface area contributed by atoms with Crippen LogP contribution in [0.5, 0.6) is 5.75 Å². The Balaban J connectivity index is 1.67. The molecule has 5 nitrogen and oxygen atoms in total. The summed E-state index contributed by atoms with van der Waals surface area (Å²) in [6.45, 7) is 0.382. The van der Waals surface area contributed by atoms with Gasteiger partial charge in [0.15, 0.2) is 0 Å². The lowest BCUT2D eigenvalue weighted by atomic mass is 10.2. The molecule has 0 saturated carbocycles. The molecule has 0 atom stereocenters. The molecule has 0 aliphatic carbocycles. The van der Waals surface area contributed by atoms with Crippen LogP contribution in [0.3, 0.4) is 0 Å². The van der Waals surface area contributed by atoms with E-state index in [2.05, 4.69) is 15.3 Å². The lowest BCUT2D eigenvalue weighted by molar-refractivity contribution is 0.0948. The Morgan fingerprint density at radius 3 is 2.78 bits per heavy atom. The number of aromatic nitrogens is 2. The van der Waals surface area contributed by atoms with Crippen molar-refractivity contribution < 1.29 is 9.53 Å². The van der Waals surface area contributed by atoms with Gasteiger partial charge in [0.05, 0.1) is 24.9 Å². The standard InChI is InChI=1S/C17H15N3O2S/c1-22-15-5-3-2-4-13(15)17(21)19-10-16-20-14(11-23-16)12-6-8-18-9-7-12/h2-9,11H,10H2,1H3,(H,19,21). The lowest BCUT2D eigenvalue weighted by Crippen LogP contribution is -2.23. The highest BCUT2D eigenvalue weighted by atomic mass is 32.1. The first-order valence-corrected chi connectivity index (χ1v) is 7.92. The fraction of sp³-hybridized carbons (Fsp3) is 0.118. The largest absolute Gasteiger partial charge is 0.496 e. The van der Waals surface area contributed by atoms with Gasteiger partial charge < -0.3 is 10.1 Å². The molecule has 0 saturated heterocycles. The summed E-state index contributed by atoms with van der Waals surface area (Å²) in [5.41, 5.74) is 2.42. The van der Waals surface area contributed by atoms with E-state index in [0.29, 0.717) is 17.9 Å². The number of thiazole rings is 1. The summed E-state index contributed by atoms with van der Waals surface area (Å²) in [6, 6.07) is 11.0. The fourth-order valence-electron chi connectivity index (χ4n) is 2.13. The third-order valence-corrected chi connectivity index (χ3v) is 4.13. The molecule has 3 rings (SSSR count). The monoisotopic (exact) mass is 325 g/mol. The number of carbonyl (C=O) groups excluding carboxylic acids is 1. The first kappa shape index (κ1) is 15.2. The zero-order valence-corrected chi connectivity index (χ0v) is 13.3. The van der Waals surface area contributed by atoms with Crippen LogP contribution in [0.25, 0.3) is 11.3 Å². The summed E-state index contributed by atoms with van der Waals surface area (Å²) in [5.74, 6) is 0.379. The molecule has 1 amide bonds. The van der Waals surface area contributed by atoms with Gasteiger partial charge in [-0.1, -0.05) is 12.1 Å². The molecule has 2 aromatic heterocycles. The third-order valence-electron chi connectivity index (χ3n) is 3.28. The highest BCUT2D eigenvalue weighted by Gasteiger charge is 2.12. The maximum Gasteiger partial charge on any atom is 0.255 e. The van der Waals surface area contributed by atoms with Crippen molar-refractivity contribution in [1.29, 1.82) is 0 Å². The van der Waals surface area contributed by atoms with Crippen LogP contribution in [0.1, 0.15) is 15.4 Å². The van der Waals surface area contributed by atoms with E-state index in [1.807, 2.05) is 29.6 Å². The van der Waals surface area contributed by atoms with E-state index in [4.69, 9.17) is 4.74 Å². The Hall–Kier alpha value is -2.73. The molecule has 0 radical (unpaired) electrons.